The summed E-state index contributed by atoms with van der Waals surface area (Å²) in [4.78, 5) is 16.4. The van der Waals surface area contributed by atoms with Crippen molar-refractivity contribution in [2.24, 2.45) is 5.16 Å². The minimum absolute atomic E-state index is 0.334. The van der Waals surface area contributed by atoms with E-state index in [1.165, 1.54) is 18.8 Å². The van der Waals surface area contributed by atoms with Crippen LogP contribution in [0.5, 0.6) is 0 Å². The fourth-order valence-corrected chi connectivity index (χ4v) is 2.31. The van der Waals surface area contributed by atoms with Crippen LogP contribution in [0, 0.1) is 0 Å². The third-order valence-corrected chi connectivity index (χ3v) is 3.56. The van der Waals surface area contributed by atoms with Crippen molar-refractivity contribution in [1.82, 2.24) is 5.32 Å². The summed E-state index contributed by atoms with van der Waals surface area (Å²) in [6.07, 6.45) is 0.973. The van der Waals surface area contributed by atoms with Crippen molar-refractivity contribution < 1.29 is 9.63 Å². The Morgan fingerprint density at radius 3 is 2.78 bits per heavy atom. The lowest BCUT2D eigenvalue weighted by Crippen LogP contribution is -2.20. The quantitative estimate of drug-likeness (QED) is 0.398. The van der Waals surface area contributed by atoms with Crippen LogP contribution < -0.4 is 5.32 Å². The zero-order valence-corrected chi connectivity index (χ0v) is 12.0. The van der Waals surface area contributed by atoms with Gasteiger partial charge in [-0.15, -0.1) is 11.8 Å². The highest BCUT2D eigenvalue weighted by Crippen LogP contribution is 2.35. The largest absolute Gasteiger partial charge is 0.433 e. The molecule has 0 bridgehead atoms. The van der Waals surface area contributed by atoms with Crippen LogP contribution in [-0.2, 0) is 4.84 Å². The van der Waals surface area contributed by atoms with Crippen LogP contribution in [0.1, 0.15) is 13.8 Å². The van der Waals surface area contributed by atoms with E-state index in [1.807, 2.05) is 38.1 Å². The van der Waals surface area contributed by atoms with Gasteiger partial charge in [-0.05, 0) is 26.0 Å². The maximum atomic E-state index is 10.8. The van der Waals surface area contributed by atoms with Crippen LogP contribution in [0.3, 0.4) is 0 Å². The van der Waals surface area contributed by atoms with Crippen molar-refractivity contribution in [3.63, 3.8) is 0 Å². The number of benzene rings is 1. The molecule has 6 heteroatoms. The number of hydrogen-bond acceptors (Lipinski definition) is 4. The number of halogens is 1. The van der Waals surface area contributed by atoms with E-state index < -0.39 is 6.09 Å². The van der Waals surface area contributed by atoms with Gasteiger partial charge in [0.15, 0.2) is 0 Å². The third kappa shape index (κ3) is 4.98. The minimum Gasteiger partial charge on any atom is -0.323 e. The third-order valence-electron chi connectivity index (χ3n) is 1.91. The number of rotatable bonds is 4. The average Bonchev–Trinajstić information content (AvgIpc) is 2.31. The molecule has 0 aromatic heterocycles. The monoisotopic (exact) mass is 286 g/mol. The molecule has 0 aliphatic heterocycles. The standard InChI is InChI=1S/C12H15ClN2O2S/c1-12(2,8-15-17-11(16)14-3)18-10-7-5-4-6-9(10)13/h4-8H,1-3H3,(H,14,16)/b15-8+. The lowest BCUT2D eigenvalue weighted by atomic mass is 10.2. The highest BCUT2D eigenvalue weighted by molar-refractivity contribution is 8.01. The first-order valence-electron chi connectivity index (χ1n) is 5.31. The Kier molecular flexibility index (Phi) is 5.50. The lowest BCUT2D eigenvalue weighted by Gasteiger charge is -2.18. The van der Waals surface area contributed by atoms with Crippen molar-refractivity contribution >= 4 is 35.7 Å². The number of thioether (sulfide) groups is 1. The van der Waals surface area contributed by atoms with E-state index in [-0.39, 0.29) is 4.75 Å². The van der Waals surface area contributed by atoms with Crippen LogP contribution in [0.25, 0.3) is 0 Å². The molecular weight excluding hydrogens is 272 g/mol. The molecule has 0 radical (unpaired) electrons. The Hall–Kier alpha value is -1.20. The Bertz CT molecular complexity index is 449. The molecule has 98 valence electrons. The number of nitrogens with one attached hydrogen (secondary N) is 1. The number of carbonyl (C=O) groups excluding carboxylic acids is 1. The molecule has 1 N–H and O–H groups in total. The predicted octanol–water partition coefficient (Wildman–Crippen LogP) is 3.55. The van der Waals surface area contributed by atoms with E-state index >= 15 is 0 Å². The predicted molar refractivity (Wildman–Crippen MR) is 75.4 cm³/mol. The molecule has 0 fully saturated rings. The van der Waals surface area contributed by atoms with Crippen LogP contribution in [0.2, 0.25) is 5.02 Å². The molecule has 18 heavy (non-hydrogen) atoms. The number of amides is 1. The minimum atomic E-state index is -0.593. The number of nitrogens with zero attached hydrogens (tertiary/aromatic N) is 1. The van der Waals surface area contributed by atoms with Crippen LogP contribution >= 0.6 is 23.4 Å². The highest BCUT2D eigenvalue weighted by atomic mass is 35.5. The van der Waals surface area contributed by atoms with Gasteiger partial charge in [0, 0.05) is 11.9 Å². The van der Waals surface area contributed by atoms with Crippen molar-refractivity contribution in [2.75, 3.05) is 7.05 Å². The smallest absolute Gasteiger partial charge is 0.323 e. The average molecular weight is 287 g/mol. The second kappa shape index (κ2) is 6.66. The topological polar surface area (TPSA) is 50.7 Å². The summed E-state index contributed by atoms with van der Waals surface area (Å²) < 4.78 is -0.334. The molecule has 0 spiro atoms. The van der Waals surface area contributed by atoms with E-state index in [1.54, 1.807) is 6.21 Å². The van der Waals surface area contributed by atoms with Crippen LogP contribution in [-0.4, -0.2) is 24.1 Å². The second-order valence-electron chi connectivity index (χ2n) is 4.00. The fourth-order valence-electron chi connectivity index (χ4n) is 1.08. The van der Waals surface area contributed by atoms with Gasteiger partial charge >= 0.3 is 6.09 Å². The molecule has 0 aliphatic carbocycles. The summed E-state index contributed by atoms with van der Waals surface area (Å²) in [6, 6.07) is 7.56. The van der Waals surface area contributed by atoms with Gasteiger partial charge in [-0.3, -0.25) is 4.84 Å². The van der Waals surface area contributed by atoms with Gasteiger partial charge in [0.25, 0.3) is 0 Å². The summed E-state index contributed by atoms with van der Waals surface area (Å²) in [5.41, 5.74) is 0. The summed E-state index contributed by atoms with van der Waals surface area (Å²) >= 11 is 7.62. The van der Waals surface area contributed by atoms with E-state index in [0.717, 1.165) is 4.90 Å². The summed E-state index contributed by atoms with van der Waals surface area (Å²) in [5.74, 6) is 0. The molecule has 1 aromatic rings. The van der Waals surface area contributed by atoms with Crippen molar-refractivity contribution in [2.45, 2.75) is 23.5 Å². The summed E-state index contributed by atoms with van der Waals surface area (Å²) in [7, 11) is 1.47. The second-order valence-corrected chi connectivity index (χ2v) is 6.10. The maximum Gasteiger partial charge on any atom is 0.433 e. The molecule has 0 heterocycles. The van der Waals surface area contributed by atoms with Gasteiger partial charge in [-0.25, -0.2) is 4.79 Å². The lowest BCUT2D eigenvalue weighted by molar-refractivity contribution is 0.153. The van der Waals surface area contributed by atoms with Crippen LogP contribution in [0.4, 0.5) is 4.79 Å². The van der Waals surface area contributed by atoms with E-state index in [2.05, 4.69) is 15.3 Å². The van der Waals surface area contributed by atoms with Gasteiger partial charge in [-0.1, -0.05) is 28.9 Å². The normalized spacial score (nSPS) is 11.6. The first-order chi connectivity index (χ1) is 8.44. The molecule has 1 amide bonds. The van der Waals surface area contributed by atoms with E-state index in [9.17, 15) is 4.79 Å². The molecule has 1 rings (SSSR count). The Morgan fingerprint density at radius 1 is 1.50 bits per heavy atom. The first-order valence-corrected chi connectivity index (χ1v) is 6.51. The van der Waals surface area contributed by atoms with Crippen molar-refractivity contribution in [3.8, 4) is 0 Å². The molecular formula is C12H15ClN2O2S. The highest BCUT2D eigenvalue weighted by Gasteiger charge is 2.18. The Morgan fingerprint density at radius 2 is 2.17 bits per heavy atom. The van der Waals surface area contributed by atoms with E-state index in [4.69, 9.17) is 11.6 Å². The van der Waals surface area contributed by atoms with Gasteiger partial charge in [0.1, 0.15) is 0 Å². The molecule has 0 saturated carbocycles. The molecule has 0 saturated heterocycles. The summed E-state index contributed by atoms with van der Waals surface area (Å²) in [6.45, 7) is 3.91. The number of carbonyl (C=O) groups is 1. The zero-order chi connectivity index (χ0) is 13.6. The Balaban J connectivity index is 2.65. The van der Waals surface area contributed by atoms with Gasteiger partial charge in [0.2, 0.25) is 0 Å². The molecule has 0 atom stereocenters. The molecule has 0 unspecified atom stereocenters. The maximum absolute atomic E-state index is 10.8. The van der Waals surface area contributed by atoms with Crippen LogP contribution in [0.15, 0.2) is 34.3 Å². The van der Waals surface area contributed by atoms with Crippen molar-refractivity contribution in [3.05, 3.63) is 29.3 Å². The fraction of sp³-hybridized carbons (Fsp3) is 0.333. The number of oxime groups is 1. The molecule has 4 nitrogen and oxygen atoms in total. The number of hydrogen-bond donors (Lipinski definition) is 1. The molecule has 0 aliphatic rings. The van der Waals surface area contributed by atoms with Gasteiger partial charge in [-0.2, -0.15) is 0 Å². The van der Waals surface area contributed by atoms with Gasteiger partial charge < -0.3 is 5.32 Å². The zero-order valence-electron chi connectivity index (χ0n) is 10.4. The molecule has 1 aromatic carbocycles. The first kappa shape index (κ1) is 14.9. The Labute approximate surface area is 116 Å². The van der Waals surface area contributed by atoms with E-state index in [0.29, 0.717) is 5.02 Å². The van der Waals surface area contributed by atoms with Crippen molar-refractivity contribution in [1.29, 1.82) is 0 Å². The SMILES string of the molecule is CNC(=O)O/N=C/C(C)(C)Sc1ccccc1Cl. The van der Waals surface area contributed by atoms with Gasteiger partial charge in [0.05, 0.1) is 16.0 Å². The summed E-state index contributed by atoms with van der Waals surface area (Å²) in [5, 5.41) is 6.64.